The maximum atomic E-state index is 13.4. The minimum Gasteiger partial charge on any atom is -0.468 e. The predicted octanol–water partition coefficient (Wildman–Crippen LogP) is 3.60. The van der Waals surface area contributed by atoms with E-state index in [2.05, 4.69) is 0 Å². The Morgan fingerprint density at radius 3 is 2.47 bits per heavy atom. The Morgan fingerprint density at radius 1 is 1.03 bits per heavy atom. The number of para-hydroxylation sites is 1. The lowest BCUT2D eigenvalue weighted by Crippen LogP contribution is -2.33. The number of fused-ring (bicyclic) bond motifs is 1. The number of thiocarbonyl (C=S) groups is 1. The van der Waals surface area contributed by atoms with Crippen molar-refractivity contribution < 1.29 is 19.1 Å². The van der Waals surface area contributed by atoms with E-state index in [1.807, 2.05) is 32.0 Å². The molecular formula is C22H18N2O4S2. The second-order valence-electron chi connectivity index (χ2n) is 6.92. The molecule has 0 N–H and O–H groups in total. The molecule has 0 bridgehead atoms. The van der Waals surface area contributed by atoms with Gasteiger partial charge < -0.3 is 4.74 Å². The van der Waals surface area contributed by atoms with Gasteiger partial charge >= 0.3 is 5.97 Å². The van der Waals surface area contributed by atoms with Gasteiger partial charge in [-0.3, -0.25) is 24.2 Å². The summed E-state index contributed by atoms with van der Waals surface area (Å²) in [5, 5.41) is 0. The van der Waals surface area contributed by atoms with Crippen LogP contribution in [0.25, 0.3) is 5.57 Å². The molecule has 8 heteroatoms. The molecule has 0 saturated carbocycles. The van der Waals surface area contributed by atoms with Gasteiger partial charge in [-0.25, -0.2) is 0 Å². The minimum atomic E-state index is -0.540. The third-order valence-electron chi connectivity index (χ3n) is 5.25. The first-order chi connectivity index (χ1) is 14.3. The third kappa shape index (κ3) is 3.12. The van der Waals surface area contributed by atoms with Crippen molar-refractivity contribution in [2.75, 3.05) is 23.5 Å². The summed E-state index contributed by atoms with van der Waals surface area (Å²) in [6.45, 7) is 3.67. The van der Waals surface area contributed by atoms with Crippen LogP contribution in [0, 0.1) is 13.8 Å². The lowest BCUT2D eigenvalue weighted by atomic mass is 10.1. The number of esters is 1. The van der Waals surface area contributed by atoms with Gasteiger partial charge in [0.05, 0.1) is 29.0 Å². The van der Waals surface area contributed by atoms with E-state index in [0.29, 0.717) is 21.3 Å². The van der Waals surface area contributed by atoms with Gasteiger partial charge in [0.15, 0.2) is 4.32 Å². The van der Waals surface area contributed by atoms with Crippen LogP contribution in [-0.4, -0.2) is 35.8 Å². The summed E-state index contributed by atoms with van der Waals surface area (Å²) in [5.74, 6) is -1.29. The monoisotopic (exact) mass is 438 g/mol. The summed E-state index contributed by atoms with van der Waals surface area (Å²) in [4.78, 5) is 41.6. The van der Waals surface area contributed by atoms with E-state index in [4.69, 9.17) is 17.0 Å². The minimum absolute atomic E-state index is 0.229. The molecule has 1 saturated heterocycles. The van der Waals surface area contributed by atoms with Crippen molar-refractivity contribution in [2.45, 2.75) is 13.8 Å². The molecule has 0 aliphatic carbocycles. The molecule has 2 amide bonds. The molecule has 0 aromatic heterocycles. The highest BCUT2D eigenvalue weighted by Crippen LogP contribution is 2.46. The van der Waals surface area contributed by atoms with Gasteiger partial charge in [0.1, 0.15) is 6.54 Å². The van der Waals surface area contributed by atoms with Gasteiger partial charge in [-0.1, -0.05) is 54.3 Å². The van der Waals surface area contributed by atoms with Crippen LogP contribution in [0.5, 0.6) is 0 Å². The van der Waals surface area contributed by atoms with Crippen molar-refractivity contribution in [1.82, 2.24) is 0 Å². The number of ether oxygens (including phenoxy) is 1. The molecule has 0 unspecified atom stereocenters. The molecule has 6 nitrogen and oxygen atoms in total. The summed E-state index contributed by atoms with van der Waals surface area (Å²) in [7, 11) is 1.27. The molecule has 2 aromatic rings. The predicted molar refractivity (Wildman–Crippen MR) is 121 cm³/mol. The highest BCUT2D eigenvalue weighted by atomic mass is 32.2. The Balaban J connectivity index is 1.83. The Bertz CT molecular complexity index is 1160. The molecule has 152 valence electrons. The van der Waals surface area contributed by atoms with Crippen LogP contribution in [0.1, 0.15) is 16.7 Å². The number of amides is 2. The van der Waals surface area contributed by atoms with E-state index < -0.39 is 11.9 Å². The Labute approximate surface area is 183 Å². The van der Waals surface area contributed by atoms with Gasteiger partial charge in [-0.15, -0.1) is 0 Å². The zero-order chi connectivity index (χ0) is 21.6. The number of hydrogen-bond acceptors (Lipinski definition) is 6. The fourth-order valence-electron chi connectivity index (χ4n) is 3.55. The van der Waals surface area contributed by atoms with Crippen molar-refractivity contribution in [1.29, 1.82) is 0 Å². The first-order valence-electron chi connectivity index (χ1n) is 9.20. The van der Waals surface area contributed by atoms with Gasteiger partial charge in [0.2, 0.25) is 0 Å². The van der Waals surface area contributed by atoms with Crippen LogP contribution >= 0.6 is 24.0 Å². The quantitative estimate of drug-likeness (QED) is 0.414. The average molecular weight is 439 g/mol. The summed E-state index contributed by atoms with van der Waals surface area (Å²) in [5.41, 5.74) is 4.14. The van der Waals surface area contributed by atoms with Gasteiger partial charge in [0, 0.05) is 5.56 Å². The summed E-state index contributed by atoms with van der Waals surface area (Å²) in [6.07, 6.45) is 0. The zero-order valence-electron chi connectivity index (χ0n) is 16.6. The topological polar surface area (TPSA) is 66.9 Å². The number of rotatable bonds is 3. The van der Waals surface area contributed by atoms with Gasteiger partial charge in [-0.05, 0) is 37.1 Å². The highest BCUT2D eigenvalue weighted by molar-refractivity contribution is 8.27. The molecule has 0 atom stereocenters. The van der Waals surface area contributed by atoms with Crippen molar-refractivity contribution >= 4 is 63.0 Å². The third-order valence-corrected chi connectivity index (χ3v) is 6.62. The summed E-state index contributed by atoms with van der Waals surface area (Å²) < 4.78 is 5.09. The first-order valence-corrected chi connectivity index (χ1v) is 10.4. The lowest BCUT2D eigenvalue weighted by Gasteiger charge is -2.18. The normalized spacial score (nSPS) is 18.3. The van der Waals surface area contributed by atoms with Crippen molar-refractivity contribution in [3.05, 3.63) is 64.1 Å². The van der Waals surface area contributed by atoms with E-state index in [1.54, 1.807) is 24.3 Å². The second-order valence-corrected chi connectivity index (χ2v) is 8.56. The summed E-state index contributed by atoms with van der Waals surface area (Å²) >= 11 is 6.61. The standard InChI is InChI=1S/C22H18N2O4S2/c1-12-7-6-10-15(13(12)2)24-21(27)19(30-22(24)29)18-14-8-4-5-9-16(14)23(20(18)26)11-17(25)28-3/h4-10H,11H2,1-3H3. The number of benzene rings is 2. The number of anilines is 2. The number of carbonyl (C=O) groups excluding carboxylic acids is 3. The van der Waals surface area contributed by atoms with Crippen LogP contribution < -0.4 is 9.80 Å². The SMILES string of the molecule is COC(=O)CN1C(=O)C(=C2SC(=S)N(c3cccc(C)c3C)C2=O)c2ccccc21. The zero-order valence-corrected chi connectivity index (χ0v) is 18.2. The van der Waals surface area contributed by atoms with E-state index in [9.17, 15) is 14.4 Å². The Kier molecular flexibility index (Phi) is 5.21. The molecule has 2 aliphatic rings. The number of carbonyl (C=O) groups is 3. The number of hydrogen-bond donors (Lipinski definition) is 0. The van der Waals surface area contributed by atoms with Crippen molar-refractivity contribution in [2.24, 2.45) is 0 Å². The van der Waals surface area contributed by atoms with E-state index in [1.165, 1.54) is 16.9 Å². The van der Waals surface area contributed by atoms with Crippen LogP contribution in [0.2, 0.25) is 0 Å². The largest absolute Gasteiger partial charge is 0.468 e. The fourth-order valence-corrected chi connectivity index (χ4v) is 4.91. The van der Waals surface area contributed by atoms with E-state index in [-0.39, 0.29) is 22.9 Å². The van der Waals surface area contributed by atoms with Crippen LogP contribution in [0.15, 0.2) is 47.4 Å². The highest BCUT2D eigenvalue weighted by Gasteiger charge is 2.43. The molecule has 4 rings (SSSR count). The fraction of sp³-hybridized carbons (Fsp3) is 0.182. The Morgan fingerprint density at radius 2 is 1.73 bits per heavy atom. The van der Waals surface area contributed by atoms with Gasteiger partial charge in [0.25, 0.3) is 11.8 Å². The van der Waals surface area contributed by atoms with Crippen LogP contribution in [0.4, 0.5) is 11.4 Å². The van der Waals surface area contributed by atoms with E-state index in [0.717, 1.165) is 22.9 Å². The van der Waals surface area contributed by atoms with Crippen molar-refractivity contribution in [3.63, 3.8) is 0 Å². The van der Waals surface area contributed by atoms with E-state index >= 15 is 0 Å². The maximum absolute atomic E-state index is 13.4. The number of thioether (sulfide) groups is 1. The number of aryl methyl sites for hydroxylation is 1. The van der Waals surface area contributed by atoms with Gasteiger partial charge in [-0.2, -0.15) is 0 Å². The van der Waals surface area contributed by atoms with Crippen LogP contribution in [-0.2, 0) is 19.1 Å². The molecule has 1 fully saturated rings. The average Bonchev–Trinajstić information content (AvgIpc) is 3.17. The first kappa shape index (κ1) is 20.3. The number of nitrogens with zero attached hydrogens (tertiary/aromatic N) is 2. The molecule has 2 aromatic carbocycles. The van der Waals surface area contributed by atoms with Crippen molar-refractivity contribution in [3.8, 4) is 0 Å². The molecule has 0 spiro atoms. The second kappa shape index (κ2) is 7.70. The molecule has 0 radical (unpaired) electrons. The maximum Gasteiger partial charge on any atom is 0.325 e. The number of methoxy groups -OCH3 is 1. The summed E-state index contributed by atoms with van der Waals surface area (Å²) in [6, 6.07) is 12.8. The van der Waals surface area contributed by atoms with Crippen LogP contribution in [0.3, 0.4) is 0 Å². The molecule has 2 aliphatic heterocycles. The Hall–Kier alpha value is -2.97. The smallest absolute Gasteiger partial charge is 0.325 e. The molecule has 2 heterocycles. The lowest BCUT2D eigenvalue weighted by molar-refractivity contribution is -0.139. The molecule has 30 heavy (non-hydrogen) atoms. The molecular weight excluding hydrogens is 420 g/mol.